The lowest BCUT2D eigenvalue weighted by Crippen LogP contribution is -2.22. The van der Waals surface area contributed by atoms with Gasteiger partial charge in [0.05, 0.1) is 4.92 Å². The molecule has 1 aromatic heterocycles. The van der Waals surface area contributed by atoms with Crippen LogP contribution in [0.4, 0.5) is 11.5 Å². The van der Waals surface area contributed by atoms with E-state index in [2.05, 4.69) is 4.98 Å². The number of nitro groups is 1. The number of anilines is 1. The molecule has 1 N–H and O–H groups in total. The molecule has 2 rings (SSSR count). The summed E-state index contributed by atoms with van der Waals surface area (Å²) in [5.41, 5.74) is 0.0288. The summed E-state index contributed by atoms with van der Waals surface area (Å²) in [5.74, 6) is 0.602. The van der Waals surface area contributed by atoms with Gasteiger partial charge in [-0.15, -0.1) is 0 Å². The summed E-state index contributed by atoms with van der Waals surface area (Å²) in [5, 5.41) is 19.8. The summed E-state index contributed by atoms with van der Waals surface area (Å²) in [7, 11) is 0. The fraction of sp³-hybridized carbons (Fsp3) is 0.500. The van der Waals surface area contributed by atoms with Crippen LogP contribution in [0.3, 0.4) is 0 Å². The van der Waals surface area contributed by atoms with Crippen molar-refractivity contribution in [1.82, 2.24) is 4.98 Å². The van der Waals surface area contributed by atoms with E-state index in [0.29, 0.717) is 18.9 Å². The van der Waals surface area contributed by atoms with Crippen LogP contribution in [0, 0.1) is 16.0 Å². The van der Waals surface area contributed by atoms with Crippen LogP contribution < -0.4 is 4.90 Å². The lowest BCUT2D eigenvalue weighted by atomic mass is 10.1. The SMILES string of the molecule is O=[N+]([O-])c1cccnc1N1CC[C@H](CO)C1. The second kappa shape index (κ2) is 4.44. The molecule has 0 radical (unpaired) electrons. The molecular weight excluding hydrogens is 210 g/mol. The number of hydrogen-bond acceptors (Lipinski definition) is 5. The van der Waals surface area contributed by atoms with Gasteiger partial charge in [0.2, 0.25) is 5.82 Å². The van der Waals surface area contributed by atoms with Gasteiger partial charge < -0.3 is 10.0 Å². The first-order chi connectivity index (χ1) is 7.72. The van der Waals surface area contributed by atoms with Crippen molar-refractivity contribution in [3.63, 3.8) is 0 Å². The van der Waals surface area contributed by atoms with Gasteiger partial charge in [0.15, 0.2) is 0 Å². The van der Waals surface area contributed by atoms with Crippen LogP contribution in [0.15, 0.2) is 18.3 Å². The topological polar surface area (TPSA) is 79.5 Å². The maximum atomic E-state index is 10.8. The molecule has 0 amide bonds. The van der Waals surface area contributed by atoms with Gasteiger partial charge in [0.25, 0.3) is 0 Å². The molecule has 0 aromatic carbocycles. The Morgan fingerprint density at radius 3 is 3.12 bits per heavy atom. The second-order valence-electron chi connectivity index (χ2n) is 3.89. The van der Waals surface area contributed by atoms with Gasteiger partial charge in [-0.3, -0.25) is 10.1 Å². The highest BCUT2D eigenvalue weighted by Gasteiger charge is 2.27. The highest BCUT2D eigenvalue weighted by atomic mass is 16.6. The third kappa shape index (κ3) is 1.96. The number of aromatic nitrogens is 1. The first-order valence-corrected chi connectivity index (χ1v) is 5.17. The highest BCUT2D eigenvalue weighted by molar-refractivity contribution is 5.57. The second-order valence-corrected chi connectivity index (χ2v) is 3.89. The largest absolute Gasteiger partial charge is 0.396 e. The van der Waals surface area contributed by atoms with Crippen LogP contribution in [0.25, 0.3) is 0 Å². The Morgan fingerprint density at radius 1 is 1.69 bits per heavy atom. The van der Waals surface area contributed by atoms with Crippen molar-refractivity contribution in [3.8, 4) is 0 Å². The van der Waals surface area contributed by atoms with E-state index < -0.39 is 4.92 Å². The molecule has 0 bridgehead atoms. The van der Waals surface area contributed by atoms with Crippen LogP contribution in [0.5, 0.6) is 0 Å². The first kappa shape index (κ1) is 10.8. The van der Waals surface area contributed by atoms with Crippen LogP contribution in [-0.4, -0.2) is 34.7 Å². The molecular formula is C10H13N3O3. The molecule has 2 heterocycles. The third-order valence-corrected chi connectivity index (χ3v) is 2.81. The van der Waals surface area contributed by atoms with Crippen molar-refractivity contribution in [2.75, 3.05) is 24.6 Å². The average molecular weight is 223 g/mol. The third-order valence-electron chi connectivity index (χ3n) is 2.81. The maximum Gasteiger partial charge on any atom is 0.311 e. The van der Waals surface area contributed by atoms with Crippen molar-refractivity contribution in [1.29, 1.82) is 0 Å². The molecule has 1 aliphatic rings. The number of aliphatic hydroxyl groups excluding tert-OH is 1. The van der Waals surface area contributed by atoms with Crippen LogP contribution >= 0.6 is 0 Å². The minimum Gasteiger partial charge on any atom is -0.396 e. The summed E-state index contributed by atoms with van der Waals surface area (Å²) < 4.78 is 0. The van der Waals surface area contributed by atoms with Crippen molar-refractivity contribution < 1.29 is 10.0 Å². The smallest absolute Gasteiger partial charge is 0.311 e. The fourth-order valence-electron chi connectivity index (χ4n) is 1.95. The molecule has 0 aliphatic carbocycles. The van der Waals surface area contributed by atoms with Gasteiger partial charge in [-0.25, -0.2) is 4.98 Å². The van der Waals surface area contributed by atoms with Gasteiger partial charge in [-0.1, -0.05) is 0 Å². The zero-order chi connectivity index (χ0) is 11.5. The predicted octanol–water partition coefficient (Wildman–Crippen LogP) is 0.808. The van der Waals surface area contributed by atoms with E-state index >= 15 is 0 Å². The van der Waals surface area contributed by atoms with Gasteiger partial charge >= 0.3 is 5.69 Å². The Kier molecular flexibility index (Phi) is 3.00. The van der Waals surface area contributed by atoms with E-state index in [-0.39, 0.29) is 18.2 Å². The van der Waals surface area contributed by atoms with E-state index in [1.807, 2.05) is 4.90 Å². The zero-order valence-electron chi connectivity index (χ0n) is 8.74. The Bertz CT molecular complexity index is 397. The number of rotatable bonds is 3. The van der Waals surface area contributed by atoms with E-state index in [1.165, 1.54) is 6.07 Å². The number of hydrogen-bond donors (Lipinski definition) is 1. The maximum absolute atomic E-state index is 10.8. The quantitative estimate of drug-likeness (QED) is 0.605. The Morgan fingerprint density at radius 2 is 2.50 bits per heavy atom. The molecule has 1 aromatic rings. The Hall–Kier alpha value is -1.69. The summed E-state index contributed by atoms with van der Waals surface area (Å²) in [6, 6.07) is 3.01. The molecule has 1 atom stereocenters. The van der Waals surface area contributed by atoms with Gasteiger partial charge in [0, 0.05) is 37.9 Å². The molecule has 0 spiro atoms. The van der Waals surface area contributed by atoms with Crippen molar-refractivity contribution in [2.45, 2.75) is 6.42 Å². The summed E-state index contributed by atoms with van der Waals surface area (Å²) in [6.45, 7) is 1.47. The average Bonchev–Trinajstić information content (AvgIpc) is 2.77. The Balaban J connectivity index is 2.24. The molecule has 86 valence electrons. The molecule has 0 saturated carbocycles. The van der Waals surface area contributed by atoms with Gasteiger partial charge in [-0.2, -0.15) is 0 Å². The van der Waals surface area contributed by atoms with Gasteiger partial charge in [-0.05, 0) is 12.5 Å². The van der Waals surface area contributed by atoms with Crippen molar-refractivity contribution >= 4 is 11.5 Å². The molecule has 16 heavy (non-hydrogen) atoms. The van der Waals surface area contributed by atoms with E-state index in [9.17, 15) is 10.1 Å². The fourth-order valence-corrected chi connectivity index (χ4v) is 1.95. The monoisotopic (exact) mass is 223 g/mol. The standard InChI is InChI=1S/C10H13N3O3/c14-7-8-3-5-12(6-8)10-9(13(15)16)2-1-4-11-10/h1-2,4,8,14H,3,5-7H2/t8-/m0/s1. The van der Waals surface area contributed by atoms with E-state index in [0.717, 1.165) is 6.42 Å². The zero-order valence-corrected chi connectivity index (χ0v) is 8.74. The van der Waals surface area contributed by atoms with Crippen molar-refractivity contribution in [3.05, 3.63) is 28.4 Å². The predicted molar refractivity (Wildman–Crippen MR) is 58.3 cm³/mol. The highest BCUT2D eigenvalue weighted by Crippen LogP contribution is 2.29. The first-order valence-electron chi connectivity index (χ1n) is 5.17. The number of aliphatic hydroxyl groups is 1. The Labute approximate surface area is 92.7 Å². The number of pyridine rings is 1. The van der Waals surface area contributed by atoms with Crippen LogP contribution in [0.2, 0.25) is 0 Å². The minimum absolute atomic E-state index is 0.0288. The molecule has 6 nitrogen and oxygen atoms in total. The van der Waals surface area contributed by atoms with E-state index in [1.54, 1.807) is 12.3 Å². The lowest BCUT2D eigenvalue weighted by Gasteiger charge is -2.16. The van der Waals surface area contributed by atoms with E-state index in [4.69, 9.17) is 5.11 Å². The molecule has 6 heteroatoms. The molecule has 1 aliphatic heterocycles. The number of nitrogens with zero attached hydrogens (tertiary/aromatic N) is 3. The molecule has 0 unspecified atom stereocenters. The summed E-state index contributed by atoms with van der Waals surface area (Å²) in [6.07, 6.45) is 2.40. The molecule has 1 fully saturated rings. The summed E-state index contributed by atoms with van der Waals surface area (Å²) in [4.78, 5) is 16.3. The summed E-state index contributed by atoms with van der Waals surface area (Å²) >= 11 is 0. The van der Waals surface area contributed by atoms with Gasteiger partial charge in [0.1, 0.15) is 0 Å². The lowest BCUT2D eigenvalue weighted by molar-refractivity contribution is -0.384. The van der Waals surface area contributed by atoms with Crippen LogP contribution in [0.1, 0.15) is 6.42 Å². The van der Waals surface area contributed by atoms with Crippen LogP contribution in [-0.2, 0) is 0 Å². The normalized spacial score (nSPS) is 20.1. The molecule has 1 saturated heterocycles. The minimum atomic E-state index is -0.422. The van der Waals surface area contributed by atoms with Crippen molar-refractivity contribution in [2.24, 2.45) is 5.92 Å².